The summed E-state index contributed by atoms with van der Waals surface area (Å²) in [7, 11) is 0. The maximum absolute atomic E-state index is 13.7. The van der Waals surface area contributed by atoms with E-state index in [1.54, 1.807) is 30.3 Å². The average Bonchev–Trinajstić information content (AvgIpc) is 3.06. The van der Waals surface area contributed by atoms with Crippen molar-refractivity contribution in [2.24, 2.45) is 0 Å². The Kier molecular flexibility index (Phi) is 4.37. The number of nitrogens with one attached hydrogen (secondary N) is 1. The Balaban J connectivity index is 1.83. The molecule has 24 heavy (non-hydrogen) atoms. The van der Waals surface area contributed by atoms with Crippen LogP contribution in [0.4, 0.5) is 10.1 Å². The molecule has 0 atom stereocenters. The number of amides is 1. The predicted molar refractivity (Wildman–Crippen MR) is 88.2 cm³/mol. The largest absolute Gasteiger partial charge is 0.420 e. The second-order valence-corrected chi connectivity index (χ2v) is 5.61. The van der Waals surface area contributed by atoms with E-state index in [9.17, 15) is 9.18 Å². The molecule has 0 aliphatic heterocycles. The van der Waals surface area contributed by atoms with E-state index in [-0.39, 0.29) is 11.5 Å². The topological polar surface area (TPSA) is 68.0 Å². The molecule has 0 fully saturated rings. The Bertz CT molecular complexity index is 874. The van der Waals surface area contributed by atoms with Gasteiger partial charge in [-0.05, 0) is 30.3 Å². The molecular weight excluding hydrogens is 309 g/mol. The number of benzene rings is 2. The average molecular weight is 325 g/mol. The number of aromatic nitrogens is 2. The number of nitrogens with zero attached hydrogens (tertiary/aromatic N) is 2. The predicted octanol–water partition coefficient (Wildman–Crippen LogP) is 4.25. The van der Waals surface area contributed by atoms with Crippen molar-refractivity contribution in [3.8, 4) is 11.5 Å². The van der Waals surface area contributed by atoms with Crippen molar-refractivity contribution in [1.82, 2.24) is 10.2 Å². The van der Waals surface area contributed by atoms with Crippen molar-refractivity contribution in [2.45, 2.75) is 19.8 Å². The van der Waals surface area contributed by atoms with Crippen molar-refractivity contribution < 1.29 is 13.6 Å². The summed E-state index contributed by atoms with van der Waals surface area (Å²) in [5, 5.41) is 10.7. The van der Waals surface area contributed by atoms with Crippen molar-refractivity contribution >= 4 is 11.6 Å². The van der Waals surface area contributed by atoms with E-state index in [2.05, 4.69) is 15.5 Å². The fraction of sp³-hybridized carbons (Fsp3) is 0.167. The van der Waals surface area contributed by atoms with Crippen LogP contribution in [0.2, 0.25) is 0 Å². The summed E-state index contributed by atoms with van der Waals surface area (Å²) in [4.78, 5) is 12.2. The Labute approximate surface area is 138 Å². The molecule has 0 saturated carbocycles. The van der Waals surface area contributed by atoms with E-state index in [1.165, 1.54) is 18.2 Å². The maximum atomic E-state index is 13.7. The smallest absolute Gasteiger partial charge is 0.258 e. The van der Waals surface area contributed by atoms with Crippen LogP contribution in [-0.2, 0) is 0 Å². The normalized spacial score (nSPS) is 10.8. The van der Waals surface area contributed by atoms with Crippen LogP contribution in [-0.4, -0.2) is 16.1 Å². The molecule has 2 aromatic carbocycles. The third kappa shape index (κ3) is 3.32. The summed E-state index contributed by atoms with van der Waals surface area (Å²) >= 11 is 0. The fourth-order valence-electron chi connectivity index (χ4n) is 2.16. The minimum Gasteiger partial charge on any atom is -0.420 e. The van der Waals surface area contributed by atoms with Crippen LogP contribution >= 0.6 is 0 Å². The Morgan fingerprint density at radius 1 is 1.12 bits per heavy atom. The quantitative estimate of drug-likeness (QED) is 0.778. The molecule has 6 heteroatoms. The van der Waals surface area contributed by atoms with E-state index in [0.717, 1.165) is 0 Å². The number of rotatable bonds is 4. The molecule has 122 valence electrons. The number of halogens is 1. The number of hydrogen-bond donors (Lipinski definition) is 1. The molecule has 0 spiro atoms. The second kappa shape index (κ2) is 6.62. The van der Waals surface area contributed by atoms with Gasteiger partial charge in [0.1, 0.15) is 5.82 Å². The molecule has 0 aliphatic rings. The second-order valence-electron chi connectivity index (χ2n) is 5.61. The summed E-state index contributed by atoms with van der Waals surface area (Å²) in [5.74, 6) is -0.0232. The molecule has 0 unspecified atom stereocenters. The number of carbonyl (C=O) groups is 1. The van der Waals surface area contributed by atoms with Crippen molar-refractivity contribution in [3.05, 3.63) is 65.8 Å². The third-order valence-corrected chi connectivity index (χ3v) is 3.42. The van der Waals surface area contributed by atoms with Gasteiger partial charge in [-0.25, -0.2) is 4.39 Å². The van der Waals surface area contributed by atoms with E-state index in [0.29, 0.717) is 23.0 Å². The molecule has 5 nitrogen and oxygen atoms in total. The van der Waals surface area contributed by atoms with Gasteiger partial charge >= 0.3 is 0 Å². The van der Waals surface area contributed by atoms with Gasteiger partial charge in [-0.15, -0.1) is 10.2 Å². The summed E-state index contributed by atoms with van der Waals surface area (Å²) in [6, 6.07) is 12.8. The minimum absolute atomic E-state index is 0.0113. The minimum atomic E-state index is -0.565. The molecule has 1 heterocycles. The lowest BCUT2D eigenvalue weighted by molar-refractivity contribution is 0.102. The van der Waals surface area contributed by atoms with Crippen LogP contribution in [0.15, 0.2) is 52.9 Å². The first-order valence-corrected chi connectivity index (χ1v) is 7.54. The van der Waals surface area contributed by atoms with Gasteiger partial charge in [-0.2, -0.15) is 0 Å². The molecule has 3 aromatic rings. The summed E-state index contributed by atoms with van der Waals surface area (Å²) in [5.41, 5.74) is 1.19. The van der Waals surface area contributed by atoms with Crippen LogP contribution < -0.4 is 5.32 Å². The molecule has 1 amide bonds. The summed E-state index contributed by atoms with van der Waals surface area (Å²) in [6.07, 6.45) is 0. The molecule has 0 aliphatic carbocycles. The highest BCUT2D eigenvalue weighted by atomic mass is 19.1. The van der Waals surface area contributed by atoms with Gasteiger partial charge in [0.2, 0.25) is 11.8 Å². The van der Waals surface area contributed by atoms with Gasteiger partial charge in [0.15, 0.2) is 0 Å². The monoisotopic (exact) mass is 325 g/mol. The van der Waals surface area contributed by atoms with Crippen LogP contribution in [0.5, 0.6) is 0 Å². The fourth-order valence-corrected chi connectivity index (χ4v) is 2.16. The summed E-state index contributed by atoms with van der Waals surface area (Å²) < 4.78 is 19.3. The van der Waals surface area contributed by atoms with Crippen LogP contribution in [0.25, 0.3) is 11.5 Å². The molecule has 0 radical (unpaired) electrons. The molecule has 0 saturated heterocycles. The molecule has 0 bridgehead atoms. The van der Waals surface area contributed by atoms with Gasteiger partial charge in [0.05, 0.1) is 5.56 Å². The zero-order valence-corrected chi connectivity index (χ0v) is 13.3. The molecule has 3 rings (SSSR count). The highest BCUT2D eigenvalue weighted by molar-refractivity contribution is 6.04. The Morgan fingerprint density at radius 3 is 2.62 bits per heavy atom. The van der Waals surface area contributed by atoms with Crippen molar-refractivity contribution in [1.29, 1.82) is 0 Å². The first-order valence-electron chi connectivity index (χ1n) is 7.54. The Hall–Kier alpha value is -3.02. The molecule has 1 N–H and O–H groups in total. The van der Waals surface area contributed by atoms with E-state index < -0.39 is 11.7 Å². The van der Waals surface area contributed by atoms with Crippen molar-refractivity contribution in [3.63, 3.8) is 0 Å². The number of anilines is 1. The number of carbonyl (C=O) groups excluding carboxylic acids is 1. The number of hydrogen-bond acceptors (Lipinski definition) is 4. The zero-order chi connectivity index (χ0) is 17.1. The standard InChI is InChI=1S/C18H16FN3O2/c1-11(2)17-21-22-18(24-17)12-6-5-7-13(10-12)20-16(23)14-8-3-4-9-15(14)19/h3-11H,1-2H3,(H,20,23). The van der Waals surface area contributed by atoms with Gasteiger partial charge in [-0.1, -0.05) is 32.0 Å². The van der Waals surface area contributed by atoms with Gasteiger partial charge < -0.3 is 9.73 Å². The van der Waals surface area contributed by atoms with Crippen LogP contribution in [0.3, 0.4) is 0 Å². The first-order chi connectivity index (χ1) is 11.5. The lowest BCUT2D eigenvalue weighted by atomic mass is 10.1. The highest BCUT2D eigenvalue weighted by Crippen LogP contribution is 2.24. The van der Waals surface area contributed by atoms with Crippen molar-refractivity contribution in [2.75, 3.05) is 5.32 Å². The van der Waals surface area contributed by atoms with Crippen LogP contribution in [0, 0.1) is 5.82 Å². The summed E-state index contributed by atoms with van der Waals surface area (Å²) in [6.45, 7) is 3.92. The van der Waals surface area contributed by atoms with Gasteiger partial charge in [0.25, 0.3) is 5.91 Å². The third-order valence-electron chi connectivity index (χ3n) is 3.42. The van der Waals surface area contributed by atoms with Gasteiger partial charge in [-0.3, -0.25) is 4.79 Å². The van der Waals surface area contributed by atoms with E-state index in [1.807, 2.05) is 13.8 Å². The maximum Gasteiger partial charge on any atom is 0.258 e. The lowest BCUT2D eigenvalue weighted by Crippen LogP contribution is -2.13. The first kappa shape index (κ1) is 15.9. The lowest BCUT2D eigenvalue weighted by Gasteiger charge is -2.07. The van der Waals surface area contributed by atoms with Crippen LogP contribution in [0.1, 0.15) is 36.0 Å². The van der Waals surface area contributed by atoms with Gasteiger partial charge in [0, 0.05) is 17.2 Å². The molecule has 1 aromatic heterocycles. The highest BCUT2D eigenvalue weighted by Gasteiger charge is 2.14. The van der Waals surface area contributed by atoms with E-state index in [4.69, 9.17) is 4.42 Å². The Morgan fingerprint density at radius 2 is 1.92 bits per heavy atom. The SMILES string of the molecule is CC(C)c1nnc(-c2cccc(NC(=O)c3ccccc3F)c2)o1. The molecular formula is C18H16FN3O2. The zero-order valence-electron chi connectivity index (χ0n) is 13.3. The van der Waals surface area contributed by atoms with E-state index >= 15 is 0 Å².